The van der Waals surface area contributed by atoms with Crippen molar-refractivity contribution in [1.82, 2.24) is 5.48 Å². The molecule has 28 heavy (non-hydrogen) atoms. The SMILES string of the molecule is CC1(CCc2cccc(Br)c2)Cc2ccccc2C(NOC(=O)C(F)(F)F)=N1. The zero-order valence-electron chi connectivity index (χ0n) is 15.0. The van der Waals surface area contributed by atoms with E-state index in [1.165, 1.54) is 0 Å². The fraction of sp³-hybridized carbons (Fsp3) is 0.300. The minimum atomic E-state index is -5.08. The molecule has 1 N–H and O–H groups in total. The lowest BCUT2D eigenvalue weighted by molar-refractivity contribution is -0.203. The molecule has 0 aromatic heterocycles. The average molecular weight is 455 g/mol. The summed E-state index contributed by atoms with van der Waals surface area (Å²) in [6, 6.07) is 15.2. The number of halogens is 4. The van der Waals surface area contributed by atoms with Gasteiger partial charge in [0.1, 0.15) is 0 Å². The van der Waals surface area contributed by atoms with Gasteiger partial charge in [-0.15, -0.1) is 0 Å². The first-order valence-electron chi connectivity index (χ1n) is 8.63. The maximum atomic E-state index is 12.4. The maximum absolute atomic E-state index is 12.4. The Labute approximate surface area is 168 Å². The number of aliphatic imine (C=N–C) groups is 1. The topological polar surface area (TPSA) is 50.7 Å². The van der Waals surface area contributed by atoms with Crippen molar-refractivity contribution in [2.45, 2.75) is 37.9 Å². The standard InChI is InChI=1S/C20H18BrF3N2O2/c1-19(10-9-13-5-4-7-15(21)11-13)12-14-6-2-3-8-16(14)17(25-19)26-28-18(27)20(22,23)24/h2-8,11H,9-10,12H2,1H3,(H,25,26). The van der Waals surface area contributed by atoms with Crippen LogP contribution in [-0.2, 0) is 22.5 Å². The van der Waals surface area contributed by atoms with Crippen molar-refractivity contribution in [2.75, 3.05) is 0 Å². The van der Waals surface area contributed by atoms with Crippen molar-refractivity contribution in [3.63, 3.8) is 0 Å². The zero-order valence-corrected chi connectivity index (χ0v) is 16.6. The molecule has 3 rings (SSSR count). The van der Waals surface area contributed by atoms with Crippen LogP contribution in [0.15, 0.2) is 58.0 Å². The lowest BCUT2D eigenvalue weighted by atomic mass is 9.83. The monoisotopic (exact) mass is 454 g/mol. The molecule has 4 nitrogen and oxygen atoms in total. The number of alkyl halides is 3. The van der Waals surface area contributed by atoms with Gasteiger partial charge in [-0.2, -0.15) is 18.7 Å². The Hall–Kier alpha value is -2.35. The van der Waals surface area contributed by atoms with Gasteiger partial charge in [0.05, 0.1) is 5.54 Å². The van der Waals surface area contributed by atoms with Crippen molar-refractivity contribution >= 4 is 27.7 Å². The highest BCUT2D eigenvalue weighted by molar-refractivity contribution is 9.10. The molecule has 1 aliphatic heterocycles. The first-order chi connectivity index (χ1) is 13.2. The third-order valence-corrected chi connectivity index (χ3v) is 5.03. The third kappa shape index (κ3) is 4.92. The second kappa shape index (κ2) is 7.95. The smallest absolute Gasteiger partial charge is 0.334 e. The number of carbonyl (C=O) groups is 1. The molecule has 2 aromatic rings. The zero-order chi connectivity index (χ0) is 20.4. The number of hydroxylamine groups is 1. The van der Waals surface area contributed by atoms with Gasteiger partial charge in [-0.05, 0) is 49.4 Å². The van der Waals surface area contributed by atoms with E-state index < -0.39 is 17.7 Å². The molecule has 0 aliphatic carbocycles. The normalized spacial score (nSPS) is 18.8. The lowest BCUT2D eigenvalue weighted by Crippen LogP contribution is -2.41. The Morgan fingerprint density at radius 3 is 2.71 bits per heavy atom. The van der Waals surface area contributed by atoms with Crippen LogP contribution >= 0.6 is 15.9 Å². The minimum Gasteiger partial charge on any atom is -0.334 e. The molecule has 0 fully saturated rings. The summed E-state index contributed by atoms with van der Waals surface area (Å²) in [5.41, 5.74) is 4.25. The van der Waals surface area contributed by atoms with Crippen LogP contribution in [-0.4, -0.2) is 23.5 Å². The van der Waals surface area contributed by atoms with Crippen molar-refractivity contribution < 1.29 is 22.8 Å². The number of hydrogen-bond acceptors (Lipinski definition) is 4. The van der Waals surface area contributed by atoms with Gasteiger partial charge in [-0.1, -0.05) is 52.3 Å². The van der Waals surface area contributed by atoms with Crippen molar-refractivity contribution in [3.05, 3.63) is 69.7 Å². The number of amidine groups is 1. The Kier molecular flexibility index (Phi) is 5.79. The van der Waals surface area contributed by atoms with Gasteiger partial charge < -0.3 is 4.84 Å². The van der Waals surface area contributed by atoms with Crippen molar-refractivity contribution in [2.24, 2.45) is 4.99 Å². The molecule has 2 aromatic carbocycles. The van der Waals surface area contributed by atoms with Crippen molar-refractivity contribution in [3.8, 4) is 0 Å². The Bertz CT molecular complexity index is 914. The molecular formula is C20H18BrF3N2O2. The van der Waals surface area contributed by atoms with E-state index in [9.17, 15) is 18.0 Å². The van der Waals surface area contributed by atoms with Gasteiger partial charge in [0.15, 0.2) is 5.84 Å². The summed E-state index contributed by atoms with van der Waals surface area (Å²) in [5.74, 6) is -2.19. The van der Waals surface area contributed by atoms with Crippen LogP contribution < -0.4 is 5.48 Å². The number of aryl methyl sites for hydroxylation is 1. The van der Waals surface area contributed by atoms with Gasteiger partial charge in [-0.25, -0.2) is 4.79 Å². The first-order valence-corrected chi connectivity index (χ1v) is 9.42. The summed E-state index contributed by atoms with van der Waals surface area (Å²) in [7, 11) is 0. The molecule has 1 unspecified atom stereocenters. The average Bonchev–Trinajstić information content (AvgIpc) is 2.63. The molecule has 0 bridgehead atoms. The number of rotatable bonds is 3. The van der Waals surface area contributed by atoms with Crippen LogP contribution in [0.5, 0.6) is 0 Å². The van der Waals surface area contributed by atoms with Crippen LogP contribution in [0.1, 0.15) is 30.0 Å². The van der Waals surface area contributed by atoms with Crippen LogP contribution in [0.2, 0.25) is 0 Å². The van der Waals surface area contributed by atoms with E-state index in [4.69, 9.17) is 0 Å². The summed E-state index contributed by atoms with van der Waals surface area (Å²) >= 11 is 3.44. The molecule has 0 spiro atoms. The highest BCUT2D eigenvalue weighted by Gasteiger charge is 2.42. The summed E-state index contributed by atoms with van der Waals surface area (Å²) in [6.45, 7) is 1.94. The van der Waals surface area contributed by atoms with Crippen LogP contribution in [0.3, 0.4) is 0 Å². The first kappa shape index (κ1) is 20.4. The molecule has 0 saturated heterocycles. The Balaban J connectivity index is 1.80. The fourth-order valence-corrected chi connectivity index (χ4v) is 3.61. The van der Waals surface area contributed by atoms with Crippen LogP contribution in [0.25, 0.3) is 0 Å². The summed E-state index contributed by atoms with van der Waals surface area (Å²) in [5, 5.41) is 0. The number of nitrogens with one attached hydrogen (secondary N) is 1. The third-order valence-electron chi connectivity index (χ3n) is 4.54. The largest absolute Gasteiger partial charge is 0.493 e. The van der Waals surface area contributed by atoms with Gasteiger partial charge >= 0.3 is 12.1 Å². The lowest BCUT2D eigenvalue weighted by Gasteiger charge is -2.32. The minimum absolute atomic E-state index is 0.121. The quantitative estimate of drug-likeness (QED) is 0.680. The summed E-state index contributed by atoms with van der Waals surface area (Å²) < 4.78 is 38.3. The Morgan fingerprint density at radius 2 is 2.00 bits per heavy atom. The molecule has 0 saturated carbocycles. The molecule has 0 radical (unpaired) electrons. The molecule has 1 atom stereocenters. The van der Waals surface area contributed by atoms with E-state index >= 15 is 0 Å². The summed E-state index contributed by atoms with van der Waals surface area (Å²) in [6.07, 6.45) is -3.02. The molecule has 148 valence electrons. The highest BCUT2D eigenvalue weighted by Crippen LogP contribution is 2.31. The second-order valence-electron chi connectivity index (χ2n) is 6.91. The van der Waals surface area contributed by atoms with Crippen LogP contribution in [0.4, 0.5) is 13.2 Å². The predicted octanol–water partition coefficient (Wildman–Crippen LogP) is 4.75. The van der Waals surface area contributed by atoms with Crippen molar-refractivity contribution in [1.29, 1.82) is 0 Å². The number of fused-ring (bicyclic) bond motifs is 1. The number of hydrogen-bond donors (Lipinski definition) is 1. The maximum Gasteiger partial charge on any atom is 0.493 e. The van der Waals surface area contributed by atoms with E-state index in [1.807, 2.05) is 43.3 Å². The number of benzene rings is 2. The molecule has 8 heteroatoms. The van der Waals surface area contributed by atoms with E-state index in [1.54, 1.807) is 12.1 Å². The molecule has 1 heterocycles. The van der Waals surface area contributed by atoms with E-state index in [-0.39, 0.29) is 5.84 Å². The van der Waals surface area contributed by atoms with Gasteiger partial charge in [0, 0.05) is 10.0 Å². The predicted molar refractivity (Wildman–Crippen MR) is 103 cm³/mol. The molecule has 1 aliphatic rings. The van der Waals surface area contributed by atoms with Gasteiger partial charge in [0.25, 0.3) is 0 Å². The van der Waals surface area contributed by atoms with E-state index in [0.29, 0.717) is 18.4 Å². The second-order valence-corrected chi connectivity index (χ2v) is 7.83. The molecular weight excluding hydrogens is 437 g/mol. The van der Waals surface area contributed by atoms with E-state index in [2.05, 4.69) is 31.2 Å². The van der Waals surface area contributed by atoms with E-state index in [0.717, 1.165) is 22.0 Å². The molecule has 0 amide bonds. The fourth-order valence-electron chi connectivity index (χ4n) is 3.17. The number of nitrogens with zero attached hydrogens (tertiary/aromatic N) is 1. The van der Waals surface area contributed by atoms with Crippen LogP contribution in [0, 0.1) is 0 Å². The Morgan fingerprint density at radius 1 is 1.25 bits per heavy atom. The highest BCUT2D eigenvalue weighted by atomic mass is 79.9. The number of carbonyl (C=O) groups excluding carboxylic acids is 1. The summed E-state index contributed by atoms with van der Waals surface area (Å²) in [4.78, 5) is 19.9. The van der Waals surface area contributed by atoms with Gasteiger partial charge in [-0.3, -0.25) is 4.99 Å². The van der Waals surface area contributed by atoms with Gasteiger partial charge in [0.2, 0.25) is 0 Å².